The Hall–Kier alpha value is -1.68. The monoisotopic (exact) mass is 248 g/mol. The van der Waals surface area contributed by atoms with Gasteiger partial charge in [-0.2, -0.15) is 0 Å². The van der Waals surface area contributed by atoms with Gasteiger partial charge < -0.3 is 10.6 Å². The third-order valence-corrected chi connectivity index (χ3v) is 2.96. The van der Waals surface area contributed by atoms with E-state index in [1.165, 1.54) is 17.7 Å². The first kappa shape index (κ1) is 12.8. The molecular formula is C14H17FN2O. The van der Waals surface area contributed by atoms with Gasteiger partial charge in [-0.1, -0.05) is 17.7 Å². The Balaban J connectivity index is 1.82. The Labute approximate surface area is 106 Å². The molecule has 1 heterocycles. The number of amides is 1. The Morgan fingerprint density at radius 3 is 2.61 bits per heavy atom. The van der Waals surface area contributed by atoms with Gasteiger partial charge in [0.15, 0.2) is 0 Å². The summed E-state index contributed by atoms with van der Waals surface area (Å²) in [4.78, 5) is 11.7. The fraction of sp³-hybridized carbons (Fsp3) is 0.357. The van der Waals surface area contributed by atoms with E-state index in [9.17, 15) is 9.18 Å². The molecule has 18 heavy (non-hydrogen) atoms. The van der Waals surface area contributed by atoms with Crippen LogP contribution in [0.5, 0.6) is 0 Å². The molecule has 0 spiro atoms. The predicted octanol–water partition coefficient (Wildman–Crippen LogP) is 1.75. The minimum Gasteiger partial charge on any atom is -0.348 e. The zero-order valence-corrected chi connectivity index (χ0v) is 10.2. The average molecular weight is 248 g/mol. The second-order valence-corrected chi connectivity index (χ2v) is 4.40. The molecule has 1 aromatic carbocycles. The number of rotatable bonds is 3. The standard InChI is InChI=1S/C14H17FN2O/c15-13-3-1-12(2-4-13)10-17-14(18)9-11-5-7-16-8-6-11/h1-4,9,16H,5-8,10H2,(H,17,18). The minimum atomic E-state index is -0.262. The number of nitrogens with one attached hydrogen (secondary N) is 2. The second-order valence-electron chi connectivity index (χ2n) is 4.40. The Morgan fingerprint density at radius 2 is 1.94 bits per heavy atom. The van der Waals surface area contributed by atoms with Crippen molar-refractivity contribution in [1.82, 2.24) is 10.6 Å². The number of benzene rings is 1. The third-order valence-electron chi connectivity index (χ3n) is 2.96. The van der Waals surface area contributed by atoms with Crippen molar-refractivity contribution >= 4 is 5.91 Å². The van der Waals surface area contributed by atoms with Crippen LogP contribution in [0.4, 0.5) is 4.39 Å². The first-order valence-corrected chi connectivity index (χ1v) is 6.16. The molecule has 1 saturated heterocycles. The maximum absolute atomic E-state index is 12.7. The van der Waals surface area contributed by atoms with Gasteiger partial charge in [0.1, 0.15) is 5.82 Å². The zero-order chi connectivity index (χ0) is 12.8. The number of hydrogen-bond acceptors (Lipinski definition) is 2. The van der Waals surface area contributed by atoms with E-state index in [1.807, 2.05) is 0 Å². The SMILES string of the molecule is O=C(C=C1CCNCC1)NCc1ccc(F)cc1. The number of piperidine rings is 1. The Kier molecular flexibility index (Phi) is 4.47. The summed E-state index contributed by atoms with van der Waals surface area (Å²) in [6.45, 7) is 2.31. The number of carbonyl (C=O) groups excluding carboxylic acids is 1. The molecule has 0 unspecified atom stereocenters. The van der Waals surface area contributed by atoms with E-state index >= 15 is 0 Å². The average Bonchev–Trinajstić information content (AvgIpc) is 2.39. The summed E-state index contributed by atoms with van der Waals surface area (Å²) in [5, 5.41) is 6.05. The van der Waals surface area contributed by atoms with Gasteiger partial charge in [-0.15, -0.1) is 0 Å². The fourth-order valence-electron chi connectivity index (χ4n) is 1.92. The van der Waals surface area contributed by atoms with Crippen molar-refractivity contribution in [3.8, 4) is 0 Å². The molecule has 0 aromatic heterocycles. The molecule has 4 heteroatoms. The highest BCUT2D eigenvalue weighted by atomic mass is 19.1. The Bertz CT molecular complexity index is 432. The predicted molar refractivity (Wildman–Crippen MR) is 68.4 cm³/mol. The van der Waals surface area contributed by atoms with Crippen molar-refractivity contribution in [2.24, 2.45) is 0 Å². The molecule has 0 saturated carbocycles. The number of carbonyl (C=O) groups is 1. The second kappa shape index (κ2) is 6.31. The Morgan fingerprint density at radius 1 is 1.28 bits per heavy atom. The molecule has 0 atom stereocenters. The molecule has 1 fully saturated rings. The summed E-state index contributed by atoms with van der Waals surface area (Å²) in [6, 6.07) is 6.14. The third kappa shape index (κ3) is 3.96. The molecule has 1 amide bonds. The van der Waals surface area contributed by atoms with Crippen molar-refractivity contribution in [3.63, 3.8) is 0 Å². The van der Waals surface area contributed by atoms with Gasteiger partial charge in [0.05, 0.1) is 0 Å². The lowest BCUT2D eigenvalue weighted by Crippen LogP contribution is -2.25. The smallest absolute Gasteiger partial charge is 0.244 e. The van der Waals surface area contributed by atoms with Gasteiger partial charge in [-0.25, -0.2) is 4.39 Å². The van der Waals surface area contributed by atoms with Crippen molar-refractivity contribution < 1.29 is 9.18 Å². The minimum absolute atomic E-state index is 0.0729. The van der Waals surface area contributed by atoms with Gasteiger partial charge in [0.25, 0.3) is 0 Å². The van der Waals surface area contributed by atoms with Crippen LogP contribution in [0.1, 0.15) is 18.4 Å². The van der Waals surface area contributed by atoms with Crippen molar-refractivity contribution in [3.05, 3.63) is 47.3 Å². The summed E-state index contributed by atoms with van der Waals surface area (Å²) in [7, 11) is 0. The maximum Gasteiger partial charge on any atom is 0.244 e. The first-order chi connectivity index (χ1) is 8.74. The van der Waals surface area contributed by atoms with Gasteiger partial charge in [0, 0.05) is 12.6 Å². The highest BCUT2D eigenvalue weighted by Gasteiger charge is 2.06. The lowest BCUT2D eigenvalue weighted by Gasteiger charge is -2.14. The van der Waals surface area contributed by atoms with E-state index in [0.717, 1.165) is 31.5 Å². The molecule has 0 aliphatic carbocycles. The summed E-state index contributed by atoms with van der Waals surface area (Å²) in [6.07, 6.45) is 3.55. The van der Waals surface area contributed by atoms with E-state index in [1.54, 1.807) is 18.2 Å². The van der Waals surface area contributed by atoms with Crippen LogP contribution in [0.25, 0.3) is 0 Å². The van der Waals surface area contributed by atoms with E-state index in [4.69, 9.17) is 0 Å². The number of halogens is 1. The number of hydrogen-bond donors (Lipinski definition) is 2. The van der Waals surface area contributed by atoms with Crippen LogP contribution in [0.2, 0.25) is 0 Å². The van der Waals surface area contributed by atoms with E-state index in [2.05, 4.69) is 10.6 Å². The molecule has 1 aliphatic heterocycles. The van der Waals surface area contributed by atoms with Crippen molar-refractivity contribution in [2.75, 3.05) is 13.1 Å². The highest BCUT2D eigenvalue weighted by Crippen LogP contribution is 2.09. The lowest BCUT2D eigenvalue weighted by atomic mass is 10.1. The quantitative estimate of drug-likeness (QED) is 0.800. The fourth-order valence-corrected chi connectivity index (χ4v) is 1.92. The molecule has 96 valence electrons. The molecule has 3 nitrogen and oxygen atoms in total. The van der Waals surface area contributed by atoms with Crippen LogP contribution in [-0.4, -0.2) is 19.0 Å². The summed E-state index contributed by atoms with van der Waals surface area (Å²) in [5.74, 6) is -0.335. The normalized spacial score (nSPS) is 15.3. The van der Waals surface area contributed by atoms with Crippen molar-refractivity contribution in [2.45, 2.75) is 19.4 Å². The molecule has 0 bridgehead atoms. The van der Waals surface area contributed by atoms with Crippen molar-refractivity contribution in [1.29, 1.82) is 0 Å². The maximum atomic E-state index is 12.7. The van der Waals surface area contributed by atoms with Gasteiger partial charge in [-0.3, -0.25) is 4.79 Å². The van der Waals surface area contributed by atoms with Crippen LogP contribution in [0.15, 0.2) is 35.9 Å². The molecule has 1 aliphatic rings. The molecule has 0 radical (unpaired) electrons. The first-order valence-electron chi connectivity index (χ1n) is 6.16. The topological polar surface area (TPSA) is 41.1 Å². The van der Waals surface area contributed by atoms with Crippen LogP contribution >= 0.6 is 0 Å². The largest absolute Gasteiger partial charge is 0.348 e. The van der Waals surface area contributed by atoms with E-state index in [-0.39, 0.29) is 11.7 Å². The van der Waals surface area contributed by atoms with Gasteiger partial charge in [0.2, 0.25) is 5.91 Å². The van der Waals surface area contributed by atoms with E-state index in [0.29, 0.717) is 6.54 Å². The van der Waals surface area contributed by atoms with Crippen LogP contribution in [0.3, 0.4) is 0 Å². The summed E-state index contributed by atoms with van der Waals surface area (Å²) < 4.78 is 12.7. The molecule has 1 aromatic rings. The van der Waals surface area contributed by atoms with Crippen LogP contribution < -0.4 is 10.6 Å². The van der Waals surface area contributed by atoms with Gasteiger partial charge in [-0.05, 0) is 43.6 Å². The highest BCUT2D eigenvalue weighted by molar-refractivity contribution is 5.88. The molecule has 2 N–H and O–H groups in total. The van der Waals surface area contributed by atoms with Crippen LogP contribution in [0, 0.1) is 5.82 Å². The molecule has 2 rings (SSSR count). The zero-order valence-electron chi connectivity index (χ0n) is 10.2. The van der Waals surface area contributed by atoms with Gasteiger partial charge >= 0.3 is 0 Å². The van der Waals surface area contributed by atoms with Crippen LogP contribution in [-0.2, 0) is 11.3 Å². The summed E-state index contributed by atoms with van der Waals surface area (Å²) in [5.41, 5.74) is 2.08. The summed E-state index contributed by atoms with van der Waals surface area (Å²) >= 11 is 0. The molecular weight excluding hydrogens is 231 g/mol. The van der Waals surface area contributed by atoms with E-state index < -0.39 is 0 Å². The lowest BCUT2D eigenvalue weighted by molar-refractivity contribution is -0.116.